The molecule has 0 bridgehead atoms. The average Bonchev–Trinajstić information content (AvgIpc) is 2.51. The maximum absolute atomic E-state index is 12.0. The van der Waals surface area contributed by atoms with Gasteiger partial charge in [-0.2, -0.15) is 0 Å². The third-order valence-electron chi connectivity index (χ3n) is 4.32. The second-order valence-electron chi connectivity index (χ2n) is 7.22. The van der Waals surface area contributed by atoms with E-state index in [-0.39, 0.29) is 34.7 Å². The van der Waals surface area contributed by atoms with Gasteiger partial charge in [0.2, 0.25) is 0 Å². The summed E-state index contributed by atoms with van der Waals surface area (Å²) in [6.07, 6.45) is 0.643. The number of hydrogen-bond acceptors (Lipinski definition) is 4. The second kappa shape index (κ2) is 5.23. The van der Waals surface area contributed by atoms with Gasteiger partial charge in [0, 0.05) is 5.54 Å². The summed E-state index contributed by atoms with van der Waals surface area (Å²) in [5.74, 6) is -1.40. The molecule has 0 saturated carbocycles. The van der Waals surface area contributed by atoms with E-state index in [1.807, 2.05) is 27.8 Å². The number of rotatable bonds is 4. The molecule has 1 fully saturated rings. The molecule has 0 N–H and O–H groups in total. The van der Waals surface area contributed by atoms with Crippen LogP contribution < -0.4 is 0 Å². The average molecular weight is 269 g/mol. The van der Waals surface area contributed by atoms with Gasteiger partial charge in [0.1, 0.15) is 0 Å². The normalized spacial score (nSPS) is 25.1. The van der Waals surface area contributed by atoms with E-state index >= 15 is 0 Å². The number of cyclic esters (lactones) is 2. The molecule has 1 heterocycles. The van der Waals surface area contributed by atoms with Crippen LogP contribution in [0.4, 0.5) is 0 Å². The van der Waals surface area contributed by atoms with Crippen LogP contribution in [0.5, 0.6) is 0 Å². The van der Waals surface area contributed by atoms with Crippen molar-refractivity contribution >= 4 is 11.9 Å². The van der Waals surface area contributed by atoms with Crippen LogP contribution in [-0.2, 0) is 14.3 Å². The molecule has 110 valence electrons. The molecule has 0 aromatic heterocycles. The van der Waals surface area contributed by atoms with Crippen molar-refractivity contribution in [2.75, 3.05) is 13.6 Å². The third kappa shape index (κ3) is 3.35. The zero-order valence-electron chi connectivity index (χ0n) is 13.2. The Morgan fingerprint density at radius 2 is 1.63 bits per heavy atom. The smallest absolute Gasteiger partial charge is 0.318 e. The lowest BCUT2D eigenvalue weighted by molar-refractivity contribution is -0.154. The number of esters is 2. The van der Waals surface area contributed by atoms with Crippen LogP contribution >= 0.6 is 0 Å². The summed E-state index contributed by atoms with van der Waals surface area (Å²) in [5, 5.41) is 0. The van der Waals surface area contributed by atoms with E-state index in [0.717, 1.165) is 6.54 Å². The minimum Gasteiger partial charge on any atom is -0.393 e. The Bertz CT molecular complexity index is 368. The topological polar surface area (TPSA) is 46.6 Å². The van der Waals surface area contributed by atoms with Gasteiger partial charge in [-0.15, -0.1) is 0 Å². The molecule has 0 spiro atoms. The zero-order valence-corrected chi connectivity index (χ0v) is 13.2. The van der Waals surface area contributed by atoms with Gasteiger partial charge < -0.3 is 9.64 Å². The Hall–Kier alpha value is -0.900. The monoisotopic (exact) mass is 269 g/mol. The van der Waals surface area contributed by atoms with Crippen molar-refractivity contribution in [2.24, 2.45) is 17.3 Å². The lowest BCUT2D eigenvalue weighted by Crippen LogP contribution is -2.45. The first kappa shape index (κ1) is 16.2. The Morgan fingerprint density at radius 3 is 2.05 bits per heavy atom. The van der Waals surface area contributed by atoms with Crippen LogP contribution in [0, 0.1) is 17.3 Å². The van der Waals surface area contributed by atoms with Gasteiger partial charge in [-0.05, 0) is 39.3 Å². The minimum absolute atomic E-state index is 0.132. The van der Waals surface area contributed by atoms with Crippen molar-refractivity contribution in [3.8, 4) is 0 Å². The predicted octanol–water partition coefficient (Wildman–Crippen LogP) is 2.47. The van der Waals surface area contributed by atoms with Gasteiger partial charge in [-0.25, -0.2) is 0 Å². The van der Waals surface area contributed by atoms with Crippen molar-refractivity contribution in [3.05, 3.63) is 0 Å². The van der Waals surface area contributed by atoms with Crippen molar-refractivity contribution in [3.63, 3.8) is 0 Å². The molecule has 0 aromatic carbocycles. The molecule has 2 atom stereocenters. The van der Waals surface area contributed by atoms with Crippen LogP contribution in [0.3, 0.4) is 0 Å². The Labute approximate surface area is 116 Å². The molecule has 0 amide bonds. The fourth-order valence-electron chi connectivity index (χ4n) is 2.82. The van der Waals surface area contributed by atoms with E-state index in [1.165, 1.54) is 0 Å². The van der Waals surface area contributed by atoms with Crippen LogP contribution in [0.2, 0.25) is 0 Å². The predicted molar refractivity (Wildman–Crippen MR) is 74.5 cm³/mol. The summed E-state index contributed by atoms with van der Waals surface area (Å²) in [5.41, 5.74) is -0.388. The molecule has 1 aliphatic rings. The van der Waals surface area contributed by atoms with Crippen molar-refractivity contribution in [2.45, 2.75) is 53.5 Å². The van der Waals surface area contributed by atoms with E-state index in [9.17, 15) is 9.59 Å². The molecule has 19 heavy (non-hydrogen) atoms. The number of carbonyl (C=O) groups is 2. The lowest BCUT2D eigenvalue weighted by atomic mass is 9.71. The molecule has 1 saturated heterocycles. The molecule has 4 nitrogen and oxygen atoms in total. The number of carbonyl (C=O) groups excluding carboxylic acids is 2. The van der Waals surface area contributed by atoms with Gasteiger partial charge in [-0.3, -0.25) is 9.59 Å². The van der Waals surface area contributed by atoms with E-state index in [1.54, 1.807) is 0 Å². The van der Waals surface area contributed by atoms with Crippen LogP contribution in [0.1, 0.15) is 48.0 Å². The highest BCUT2D eigenvalue weighted by Crippen LogP contribution is 2.42. The van der Waals surface area contributed by atoms with Gasteiger partial charge in [-0.1, -0.05) is 27.7 Å². The first-order valence-electron chi connectivity index (χ1n) is 6.97. The molecule has 0 aromatic rings. The van der Waals surface area contributed by atoms with Gasteiger partial charge in [0.25, 0.3) is 0 Å². The first-order chi connectivity index (χ1) is 8.50. The molecular formula is C15H27NO3. The second-order valence-corrected chi connectivity index (χ2v) is 7.22. The minimum atomic E-state index is -0.363. The van der Waals surface area contributed by atoms with E-state index < -0.39 is 0 Å². The molecule has 1 aliphatic heterocycles. The fraction of sp³-hybridized carbons (Fsp3) is 0.867. The highest BCUT2D eigenvalue weighted by atomic mass is 16.6. The Morgan fingerprint density at radius 1 is 1.11 bits per heavy atom. The highest BCUT2D eigenvalue weighted by molar-refractivity contribution is 5.96. The Balaban J connectivity index is 2.97. The third-order valence-corrected chi connectivity index (χ3v) is 4.32. The number of hydrogen-bond donors (Lipinski definition) is 0. The SMILES string of the molecule is CCN(C)C(C)(C)CC1C(=O)OC(=O)C1C(C)(C)C. The van der Waals surface area contributed by atoms with Crippen LogP contribution in [0.15, 0.2) is 0 Å². The van der Waals surface area contributed by atoms with E-state index in [2.05, 4.69) is 25.7 Å². The standard InChI is InChI=1S/C15H27NO3/c1-8-16(7)15(5,6)9-10-11(14(2,3)4)13(18)19-12(10)17/h10-11H,8-9H2,1-7H3. The number of ether oxygens (including phenoxy) is 1. The largest absolute Gasteiger partial charge is 0.393 e. The quantitative estimate of drug-likeness (QED) is 0.581. The van der Waals surface area contributed by atoms with Gasteiger partial charge >= 0.3 is 11.9 Å². The van der Waals surface area contributed by atoms with Crippen LogP contribution in [-0.4, -0.2) is 36.0 Å². The molecule has 0 aliphatic carbocycles. The summed E-state index contributed by atoms with van der Waals surface area (Å²) in [7, 11) is 2.04. The maximum atomic E-state index is 12.0. The molecule has 0 radical (unpaired) electrons. The summed E-state index contributed by atoms with van der Waals surface area (Å²) in [4.78, 5) is 26.1. The molecule has 2 unspecified atom stereocenters. The maximum Gasteiger partial charge on any atom is 0.318 e. The van der Waals surface area contributed by atoms with Crippen molar-refractivity contribution < 1.29 is 14.3 Å². The van der Waals surface area contributed by atoms with Crippen molar-refractivity contribution in [1.29, 1.82) is 0 Å². The van der Waals surface area contributed by atoms with E-state index in [4.69, 9.17) is 4.74 Å². The van der Waals surface area contributed by atoms with Gasteiger partial charge in [0.05, 0.1) is 11.8 Å². The highest BCUT2D eigenvalue weighted by Gasteiger charge is 2.51. The zero-order chi connectivity index (χ0) is 15.0. The summed E-state index contributed by atoms with van der Waals surface area (Å²) in [6.45, 7) is 13.2. The van der Waals surface area contributed by atoms with E-state index in [0.29, 0.717) is 6.42 Å². The summed E-state index contributed by atoms with van der Waals surface area (Å²) >= 11 is 0. The lowest BCUT2D eigenvalue weighted by Gasteiger charge is -2.38. The van der Waals surface area contributed by atoms with Crippen LogP contribution in [0.25, 0.3) is 0 Å². The first-order valence-corrected chi connectivity index (χ1v) is 6.97. The summed E-state index contributed by atoms with van der Waals surface area (Å²) < 4.78 is 4.88. The molecule has 1 rings (SSSR count). The molecule has 4 heteroatoms. The number of nitrogens with zero attached hydrogens (tertiary/aromatic N) is 1. The Kier molecular flexibility index (Phi) is 4.45. The van der Waals surface area contributed by atoms with Gasteiger partial charge in [0.15, 0.2) is 0 Å². The molecular weight excluding hydrogens is 242 g/mol. The fourth-order valence-corrected chi connectivity index (χ4v) is 2.82. The van der Waals surface area contributed by atoms with Crippen molar-refractivity contribution in [1.82, 2.24) is 4.90 Å². The summed E-state index contributed by atoms with van der Waals surface area (Å²) in [6, 6.07) is 0.